The molecule has 1 heterocycles. The van der Waals surface area contributed by atoms with Gasteiger partial charge in [-0.1, -0.05) is 23.2 Å². The predicted octanol–water partition coefficient (Wildman–Crippen LogP) is 5.83. The number of fused-ring (bicyclic) bond motifs is 2. The van der Waals surface area contributed by atoms with Gasteiger partial charge >= 0.3 is 0 Å². The molecule has 0 saturated heterocycles. The summed E-state index contributed by atoms with van der Waals surface area (Å²) in [6.45, 7) is 6.65. The number of benzene rings is 2. The molecule has 1 aliphatic heterocycles. The quantitative estimate of drug-likeness (QED) is 0.591. The van der Waals surface area contributed by atoms with Crippen molar-refractivity contribution in [2.45, 2.75) is 32.7 Å². The molecule has 0 atom stereocenters. The van der Waals surface area contributed by atoms with Crippen LogP contribution in [-0.2, 0) is 6.42 Å². The van der Waals surface area contributed by atoms with Gasteiger partial charge in [0.2, 0.25) is 0 Å². The summed E-state index contributed by atoms with van der Waals surface area (Å²) in [5.41, 5.74) is 4.96. The fraction of sp³-hybridized carbons (Fsp3) is 0.294. The summed E-state index contributed by atoms with van der Waals surface area (Å²) >= 11 is 12.3. The van der Waals surface area contributed by atoms with Crippen molar-refractivity contribution in [1.29, 1.82) is 0 Å². The van der Waals surface area contributed by atoms with E-state index in [1.165, 1.54) is 22.5 Å². The molecule has 3 heteroatoms. The molecule has 1 aliphatic rings. The van der Waals surface area contributed by atoms with Crippen molar-refractivity contribution in [2.75, 3.05) is 4.90 Å². The summed E-state index contributed by atoms with van der Waals surface area (Å²) in [5.74, 6) is 0. The average molecular weight is 306 g/mol. The first-order valence-electron chi connectivity index (χ1n) is 6.73. The molecular formula is C17H17Cl2N. The van der Waals surface area contributed by atoms with E-state index in [-0.39, 0.29) is 5.54 Å². The van der Waals surface area contributed by atoms with E-state index < -0.39 is 0 Å². The van der Waals surface area contributed by atoms with Crippen molar-refractivity contribution in [3.63, 3.8) is 0 Å². The number of nitrogens with zero attached hydrogens (tertiary/aromatic N) is 1. The second-order valence-electron chi connectivity index (χ2n) is 6.23. The van der Waals surface area contributed by atoms with Crippen LogP contribution in [0.4, 0.5) is 11.4 Å². The zero-order chi connectivity index (χ0) is 14.5. The molecular weight excluding hydrogens is 289 g/mol. The molecule has 0 radical (unpaired) electrons. The van der Waals surface area contributed by atoms with Crippen LogP contribution in [0.15, 0.2) is 36.4 Å². The van der Waals surface area contributed by atoms with Gasteiger partial charge in [0.15, 0.2) is 0 Å². The maximum Gasteiger partial charge on any atom is 0.0452 e. The van der Waals surface area contributed by atoms with Crippen LogP contribution in [0, 0.1) is 0 Å². The Kier molecular flexibility index (Phi) is 3.23. The monoisotopic (exact) mass is 305 g/mol. The van der Waals surface area contributed by atoms with Crippen LogP contribution in [0.3, 0.4) is 0 Å². The van der Waals surface area contributed by atoms with Crippen molar-refractivity contribution in [1.82, 2.24) is 0 Å². The van der Waals surface area contributed by atoms with Gasteiger partial charge in [0.1, 0.15) is 0 Å². The number of hydrogen-bond donors (Lipinski definition) is 0. The van der Waals surface area contributed by atoms with Gasteiger partial charge in [-0.3, -0.25) is 0 Å². The lowest BCUT2D eigenvalue weighted by Crippen LogP contribution is -2.40. The van der Waals surface area contributed by atoms with E-state index >= 15 is 0 Å². The Labute approximate surface area is 130 Å². The molecule has 2 aromatic rings. The van der Waals surface area contributed by atoms with Crippen LogP contribution in [0.5, 0.6) is 0 Å². The van der Waals surface area contributed by atoms with E-state index in [0.717, 1.165) is 16.5 Å². The SMILES string of the molecule is CC(C)(C)N1c2ccc(Cl)cc2Cc2cc(Cl)ccc21. The molecule has 0 unspecified atom stereocenters. The number of anilines is 2. The smallest absolute Gasteiger partial charge is 0.0452 e. The van der Waals surface area contributed by atoms with Crippen molar-refractivity contribution in [2.24, 2.45) is 0 Å². The topological polar surface area (TPSA) is 3.24 Å². The number of halogens is 2. The maximum absolute atomic E-state index is 6.15. The lowest BCUT2D eigenvalue weighted by Gasteiger charge is -2.42. The second-order valence-corrected chi connectivity index (χ2v) is 7.10. The standard InChI is InChI=1S/C17H17Cl2N/c1-17(2,3)20-15-6-4-13(18)9-11(15)8-12-10-14(19)5-7-16(12)20/h4-7,9-10H,8H2,1-3H3. The van der Waals surface area contributed by atoms with Gasteiger partial charge in [-0.2, -0.15) is 0 Å². The highest BCUT2D eigenvalue weighted by Crippen LogP contribution is 2.44. The summed E-state index contributed by atoms with van der Waals surface area (Å²) in [5, 5.41) is 1.56. The van der Waals surface area contributed by atoms with Crippen LogP contribution in [0.25, 0.3) is 0 Å². The minimum Gasteiger partial charge on any atom is -0.336 e. The highest BCUT2D eigenvalue weighted by Gasteiger charge is 2.30. The Bertz CT molecular complexity index is 620. The molecule has 0 aliphatic carbocycles. The molecule has 0 fully saturated rings. The average Bonchev–Trinajstić information content (AvgIpc) is 2.34. The number of rotatable bonds is 0. The van der Waals surface area contributed by atoms with E-state index in [0.29, 0.717) is 0 Å². The van der Waals surface area contributed by atoms with Gasteiger partial charge in [0, 0.05) is 33.4 Å². The van der Waals surface area contributed by atoms with Gasteiger partial charge in [-0.25, -0.2) is 0 Å². The molecule has 0 spiro atoms. The van der Waals surface area contributed by atoms with E-state index in [2.05, 4.69) is 49.9 Å². The van der Waals surface area contributed by atoms with Crippen molar-refractivity contribution in [3.8, 4) is 0 Å². The fourth-order valence-electron chi connectivity index (χ4n) is 2.89. The lowest BCUT2D eigenvalue weighted by atomic mass is 9.91. The van der Waals surface area contributed by atoms with Gasteiger partial charge < -0.3 is 4.90 Å². The van der Waals surface area contributed by atoms with Crippen LogP contribution in [0.2, 0.25) is 10.0 Å². The zero-order valence-electron chi connectivity index (χ0n) is 11.9. The second kappa shape index (κ2) is 4.68. The molecule has 0 bridgehead atoms. The third-order valence-electron chi connectivity index (χ3n) is 3.62. The molecule has 20 heavy (non-hydrogen) atoms. The minimum atomic E-state index is -0.00835. The Morgan fingerprint density at radius 2 is 1.30 bits per heavy atom. The molecule has 0 saturated carbocycles. The maximum atomic E-state index is 6.15. The third-order valence-corrected chi connectivity index (χ3v) is 4.09. The molecule has 104 valence electrons. The van der Waals surface area contributed by atoms with E-state index in [1.807, 2.05) is 12.1 Å². The van der Waals surface area contributed by atoms with Crippen LogP contribution in [0.1, 0.15) is 31.9 Å². The summed E-state index contributed by atoms with van der Waals surface area (Å²) in [4.78, 5) is 2.37. The van der Waals surface area contributed by atoms with Gasteiger partial charge in [-0.15, -0.1) is 0 Å². The van der Waals surface area contributed by atoms with Crippen LogP contribution in [-0.4, -0.2) is 5.54 Å². The van der Waals surface area contributed by atoms with Crippen molar-refractivity contribution < 1.29 is 0 Å². The first-order valence-corrected chi connectivity index (χ1v) is 7.49. The highest BCUT2D eigenvalue weighted by molar-refractivity contribution is 6.31. The van der Waals surface area contributed by atoms with Gasteiger partial charge in [0.25, 0.3) is 0 Å². The Morgan fingerprint density at radius 3 is 1.70 bits per heavy atom. The fourth-order valence-corrected chi connectivity index (χ4v) is 3.27. The van der Waals surface area contributed by atoms with Crippen LogP contribution < -0.4 is 4.90 Å². The summed E-state index contributed by atoms with van der Waals surface area (Å²) in [6, 6.07) is 12.2. The van der Waals surface area contributed by atoms with Crippen LogP contribution >= 0.6 is 23.2 Å². The molecule has 0 amide bonds. The van der Waals surface area contributed by atoms with Gasteiger partial charge in [0.05, 0.1) is 0 Å². The molecule has 3 rings (SSSR count). The molecule has 0 N–H and O–H groups in total. The van der Waals surface area contributed by atoms with Gasteiger partial charge in [-0.05, 0) is 68.3 Å². The normalized spacial score (nSPS) is 13.9. The summed E-state index contributed by atoms with van der Waals surface area (Å²) < 4.78 is 0. The lowest BCUT2D eigenvalue weighted by molar-refractivity contribution is 0.554. The Hall–Kier alpha value is -1.18. The summed E-state index contributed by atoms with van der Waals surface area (Å²) in [6.07, 6.45) is 0.873. The number of hydrogen-bond acceptors (Lipinski definition) is 1. The molecule has 0 aromatic heterocycles. The highest BCUT2D eigenvalue weighted by atomic mass is 35.5. The van der Waals surface area contributed by atoms with E-state index in [1.54, 1.807) is 0 Å². The van der Waals surface area contributed by atoms with Crippen molar-refractivity contribution >= 4 is 34.6 Å². The first kappa shape index (κ1) is 13.8. The molecule has 2 aromatic carbocycles. The Morgan fingerprint density at radius 1 is 0.850 bits per heavy atom. The summed E-state index contributed by atoms with van der Waals surface area (Å²) in [7, 11) is 0. The third kappa shape index (κ3) is 2.30. The largest absolute Gasteiger partial charge is 0.336 e. The zero-order valence-corrected chi connectivity index (χ0v) is 13.4. The first-order chi connectivity index (χ1) is 9.36. The van der Waals surface area contributed by atoms with E-state index in [9.17, 15) is 0 Å². The Balaban J connectivity index is 2.24. The van der Waals surface area contributed by atoms with Crippen molar-refractivity contribution in [3.05, 3.63) is 57.6 Å². The predicted molar refractivity (Wildman–Crippen MR) is 87.6 cm³/mol. The minimum absolute atomic E-state index is 0.00835. The molecule has 1 nitrogen and oxygen atoms in total. The van der Waals surface area contributed by atoms with E-state index in [4.69, 9.17) is 23.2 Å².